The van der Waals surface area contributed by atoms with Gasteiger partial charge in [0.05, 0.1) is 22.0 Å². The van der Waals surface area contributed by atoms with Crippen LogP contribution in [0.1, 0.15) is 10.4 Å². The number of amides is 1. The van der Waals surface area contributed by atoms with Gasteiger partial charge in [-0.25, -0.2) is 4.39 Å². The largest absolute Gasteiger partial charge is 0.397 e. The number of anilines is 2. The van der Waals surface area contributed by atoms with Gasteiger partial charge >= 0.3 is 0 Å². The molecule has 2 rings (SSSR count). The van der Waals surface area contributed by atoms with E-state index in [1.165, 1.54) is 12.1 Å². The number of carbonyl (C=O) groups excluding carboxylic acids is 1. The van der Waals surface area contributed by atoms with Crippen LogP contribution >= 0.6 is 11.6 Å². The van der Waals surface area contributed by atoms with Crippen LogP contribution in [0, 0.1) is 5.82 Å². The van der Waals surface area contributed by atoms with Gasteiger partial charge in [0.25, 0.3) is 5.91 Å². The normalized spacial score (nSPS) is 10.1. The Hall–Kier alpha value is -2.07. The van der Waals surface area contributed by atoms with E-state index in [0.717, 1.165) is 6.07 Å². The van der Waals surface area contributed by atoms with Crippen LogP contribution in [0.4, 0.5) is 15.8 Å². The van der Waals surface area contributed by atoms with E-state index < -0.39 is 11.7 Å². The van der Waals surface area contributed by atoms with E-state index in [2.05, 4.69) is 5.32 Å². The number of hydrogen-bond donors (Lipinski definition) is 2. The molecule has 0 unspecified atom stereocenters. The third-order valence-electron chi connectivity index (χ3n) is 2.38. The van der Waals surface area contributed by atoms with Gasteiger partial charge in [-0.1, -0.05) is 23.7 Å². The first-order valence-corrected chi connectivity index (χ1v) is 5.56. The molecular weight excluding hydrogens is 255 g/mol. The Balaban J connectivity index is 2.27. The molecular formula is C13H10ClFN2O. The second-order valence-corrected chi connectivity index (χ2v) is 4.07. The molecule has 0 bridgehead atoms. The summed E-state index contributed by atoms with van der Waals surface area (Å²) in [6.45, 7) is 0. The number of benzene rings is 2. The fourth-order valence-electron chi connectivity index (χ4n) is 1.47. The summed E-state index contributed by atoms with van der Waals surface area (Å²) in [5, 5.41) is 2.84. The lowest BCUT2D eigenvalue weighted by atomic mass is 10.2. The lowest BCUT2D eigenvalue weighted by molar-refractivity contribution is 0.102. The highest BCUT2D eigenvalue weighted by atomic mass is 35.5. The number of rotatable bonds is 2. The number of hydrogen-bond acceptors (Lipinski definition) is 2. The lowest BCUT2D eigenvalue weighted by Crippen LogP contribution is -2.13. The molecule has 0 aromatic heterocycles. The molecule has 0 atom stereocenters. The predicted molar refractivity (Wildman–Crippen MR) is 70.2 cm³/mol. The second kappa shape index (κ2) is 5.06. The second-order valence-electron chi connectivity index (χ2n) is 3.67. The van der Waals surface area contributed by atoms with Crippen molar-refractivity contribution in [2.45, 2.75) is 0 Å². The molecule has 0 spiro atoms. The fraction of sp³-hybridized carbons (Fsp3) is 0. The quantitative estimate of drug-likeness (QED) is 0.818. The standard InChI is InChI=1S/C13H10ClFN2O/c14-10-4-2-1-3-9(10)13(18)17-12-7-8(15)5-6-11(12)16/h1-7H,16H2,(H,17,18). The third-order valence-corrected chi connectivity index (χ3v) is 2.71. The van der Waals surface area contributed by atoms with E-state index in [-0.39, 0.29) is 11.4 Å². The maximum absolute atomic E-state index is 13.0. The topological polar surface area (TPSA) is 55.1 Å². The molecule has 3 N–H and O–H groups in total. The van der Waals surface area contributed by atoms with Crippen molar-refractivity contribution >= 4 is 28.9 Å². The summed E-state index contributed by atoms with van der Waals surface area (Å²) in [7, 11) is 0. The van der Waals surface area contributed by atoms with E-state index in [1.807, 2.05) is 0 Å². The molecule has 0 heterocycles. The highest BCUT2D eigenvalue weighted by Crippen LogP contribution is 2.22. The highest BCUT2D eigenvalue weighted by Gasteiger charge is 2.11. The van der Waals surface area contributed by atoms with Crippen LogP contribution in [0.25, 0.3) is 0 Å². The zero-order valence-electron chi connectivity index (χ0n) is 9.28. The van der Waals surface area contributed by atoms with Crippen molar-refractivity contribution in [3.05, 3.63) is 58.9 Å². The maximum atomic E-state index is 13.0. The Bertz CT molecular complexity index is 601. The van der Waals surface area contributed by atoms with Gasteiger partial charge in [0.1, 0.15) is 5.82 Å². The van der Waals surface area contributed by atoms with Crippen LogP contribution in [0.2, 0.25) is 5.02 Å². The molecule has 0 aliphatic heterocycles. The van der Waals surface area contributed by atoms with E-state index in [4.69, 9.17) is 17.3 Å². The number of nitrogen functional groups attached to an aromatic ring is 1. The lowest BCUT2D eigenvalue weighted by Gasteiger charge is -2.09. The summed E-state index contributed by atoms with van der Waals surface area (Å²) in [5.41, 5.74) is 6.46. The first kappa shape index (κ1) is 12.4. The van der Waals surface area contributed by atoms with E-state index >= 15 is 0 Å². The molecule has 3 nitrogen and oxygen atoms in total. The summed E-state index contributed by atoms with van der Waals surface area (Å²) in [6, 6.07) is 10.4. The SMILES string of the molecule is Nc1ccc(F)cc1NC(=O)c1ccccc1Cl. The molecule has 0 saturated heterocycles. The summed E-state index contributed by atoms with van der Waals surface area (Å²) in [4.78, 5) is 11.9. The Morgan fingerprint density at radius 2 is 1.94 bits per heavy atom. The van der Waals surface area contributed by atoms with Crippen LogP contribution in [0.15, 0.2) is 42.5 Å². The first-order chi connectivity index (χ1) is 8.58. The van der Waals surface area contributed by atoms with Gasteiger partial charge in [-0.2, -0.15) is 0 Å². The van der Waals surface area contributed by atoms with Crippen molar-refractivity contribution in [3.8, 4) is 0 Å². The Kier molecular flexibility index (Phi) is 3.48. The van der Waals surface area contributed by atoms with Gasteiger partial charge in [-0.05, 0) is 30.3 Å². The van der Waals surface area contributed by atoms with E-state index in [1.54, 1.807) is 24.3 Å². The summed E-state index contributed by atoms with van der Waals surface area (Å²) in [5.74, 6) is -0.906. The number of nitrogens with one attached hydrogen (secondary N) is 1. The Morgan fingerprint density at radius 3 is 2.67 bits per heavy atom. The third kappa shape index (κ3) is 2.60. The Morgan fingerprint density at radius 1 is 1.22 bits per heavy atom. The van der Waals surface area contributed by atoms with Crippen molar-refractivity contribution < 1.29 is 9.18 Å². The van der Waals surface area contributed by atoms with Gasteiger partial charge in [0.2, 0.25) is 0 Å². The predicted octanol–water partition coefficient (Wildman–Crippen LogP) is 3.31. The first-order valence-electron chi connectivity index (χ1n) is 5.19. The number of carbonyl (C=O) groups is 1. The summed E-state index contributed by atoms with van der Waals surface area (Å²) in [6.07, 6.45) is 0. The molecule has 2 aromatic carbocycles. The van der Waals surface area contributed by atoms with Crippen molar-refractivity contribution in [1.82, 2.24) is 0 Å². The van der Waals surface area contributed by atoms with Crippen molar-refractivity contribution in [3.63, 3.8) is 0 Å². The summed E-state index contributed by atoms with van der Waals surface area (Å²) < 4.78 is 13.0. The molecule has 92 valence electrons. The average Bonchev–Trinajstić information content (AvgIpc) is 2.34. The molecule has 0 radical (unpaired) electrons. The van der Waals surface area contributed by atoms with Gasteiger partial charge in [-0.15, -0.1) is 0 Å². The molecule has 5 heteroatoms. The smallest absolute Gasteiger partial charge is 0.257 e. The minimum atomic E-state index is -0.473. The van der Waals surface area contributed by atoms with Gasteiger partial charge in [0.15, 0.2) is 0 Å². The fourth-order valence-corrected chi connectivity index (χ4v) is 1.69. The molecule has 0 aliphatic rings. The van der Waals surface area contributed by atoms with Crippen molar-refractivity contribution in [1.29, 1.82) is 0 Å². The van der Waals surface area contributed by atoms with Crippen molar-refractivity contribution in [2.75, 3.05) is 11.1 Å². The van der Waals surface area contributed by atoms with Crippen LogP contribution in [0.3, 0.4) is 0 Å². The zero-order valence-corrected chi connectivity index (χ0v) is 10.0. The average molecular weight is 265 g/mol. The molecule has 1 amide bonds. The van der Waals surface area contributed by atoms with Gasteiger partial charge in [0, 0.05) is 0 Å². The molecule has 0 fully saturated rings. The minimum absolute atomic E-state index is 0.222. The van der Waals surface area contributed by atoms with E-state index in [0.29, 0.717) is 10.6 Å². The highest BCUT2D eigenvalue weighted by molar-refractivity contribution is 6.34. The van der Waals surface area contributed by atoms with Gasteiger partial charge in [-0.3, -0.25) is 4.79 Å². The molecule has 18 heavy (non-hydrogen) atoms. The van der Waals surface area contributed by atoms with Gasteiger partial charge < -0.3 is 11.1 Å². The zero-order chi connectivity index (χ0) is 13.1. The summed E-state index contributed by atoms with van der Waals surface area (Å²) >= 11 is 5.89. The van der Waals surface area contributed by atoms with Crippen LogP contribution in [-0.2, 0) is 0 Å². The Labute approximate surface area is 108 Å². The van der Waals surface area contributed by atoms with Crippen LogP contribution in [-0.4, -0.2) is 5.91 Å². The van der Waals surface area contributed by atoms with Crippen LogP contribution in [0.5, 0.6) is 0 Å². The molecule has 0 saturated carbocycles. The molecule has 0 aliphatic carbocycles. The monoisotopic (exact) mass is 264 g/mol. The molecule has 2 aromatic rings. The van der Waals surface area contributed by atoms with Crippen molar-refractivity contribution in [2.24, 2.45) is 0 Å². The number of halogens is 2. The minimum Gasteiger partial charge on any atom is -0.397 e. The van der Waals surface area contributed by atoms with E-state index in [9.17, 15) is 9.18 Å². The number of nitrogens with two attached hydrogens (primary N) is 1. The van der Waals surface area contributed by atoms with Crippen LogP contribution < -0.4 is 11.1 Å². The maximum Gasteiger partial charge on any atom is 0.257 e.